The Hall–Kier alpha value is -3.46. The van der Waals surface area contributed by atoms with Gasteiger partial charge in [0.25, 0.3) is 5.91 Å². The minimum absolute atomic E-state index is 0.0402. The quantitative estimate of drug-likeness (QED) is 0.283. The highest BCUT2D eigenvalue weighted by Gasteiger charge is 2.13. The van der Waals surface area contributed by atoms with Crippen molar-refractivity contribution in [3.63, 3.8) is 0 Å². The van der Waals surface area contributed by atoms with Gasteiger partial charge < -0.3 is 14.8 Å². The highest BCUT2D eigenvalue weighted by atomic mass is 35.5. The van der Waals surface area contributed by atoms with Crippen LogP contribution in [0.5, 0.6) is 11.5 Å². The fourth-order valence-electron chi connectivity index (χ4n) is 3.02. The smallest absolute Gasteiger partial charge is 0.266 e. The predicted molar refractivity (Wildman–Crippen MR) is 132 cm³/mol. The van der Waals surface area contributed by atoms with E-state index in [2.05, 4.69) is 5.32 Å². The maximum atomic E-state index is 12.6. The van der Waals surface area contributed by atoms with E-state index in [1.54, 1.807) is 48.5 Å². The first kappa shape index (κ1) is 24.2. The normalized spacial score (nSPS) is 10.9. The molecule has 1 N–H and O–H groups in total. The van der Waals surface area contributed by atoms with Crippen molar-refractivity contribution < 1.29 is 14.3 Å². The van der Waals surface area contributed by atoms with E-state index in [0.29, 0.717) is 46.0 Å². The van der Waals surface area contributed by atoms with Crippen molar-refractivity contribution in [1.82, 2.24) is 0 Å². The summed E-state index contributed by atoms with van der Waals surface area (Å²) in [5.41, 5.74) is 2.95. The van der Waals surface area contributed by atoms with Gasteiger partial charge in [0, 0.05) is 15.7 Å². The Morgan fingerprint density at radius 2 is 1.73 bits per heavy atom. The average molecular weight is 481 g/mol. The predicted octanol–water partition coefficient (Wildman–Crippen LogP) is 6.83. The van der Waals surface area contributed by atoms with Crippen molar-refractivity contribution in [2.75, 3.05) is 11.9 Å². The van der Waals surface area contributed by atoms with Crippen LogP contribution in [0.15, 0.2) is 66.2 Å². The van der Waals surface area contributed by atoms with Crippen LogP contribution in [0.3, 0.4) is 0 Å². The molecule has 0 saturated carbocycles. The summed E-state index contributed by atoms with van der Waals surface area (Å²) in [7, 11) is 0. The fourth-order valence-corrected chi connectivity index (χ4v) is 3.37. The van der Waals surface area contributed by atoms with Gasteiger partial charge in [-0.3, -0.25) is 4.79 Å². The molecule has 0 bridgehead atoms. The zero-order valence-corrected chi connectivity index (χ0v) is 19.7. The number of hydrogen-bond acceptors (Lipinski definition) is 4. The number of halogens is 2. The van der Waals surface area contributed by atoms with Crippen molar-refractivity contribution in [3.8, 4) is 17.6 Å². The summed E-state index contributed by atoms with van der Waals surface area (Å²) in [6, 6.07) is 19.7. The number of carbonyl (C=O) groups is 1. The maximum Gasteiger partial charge on any atom is 0.266 e. The Bertz CT molecular complexity index is 1220. The number of aryl methyl sites for hydroxylation is 1. The summed E-state index contributed by atoms with van der Waals surface area (Å²) >= 11 is 11.9. The highest BCUT2D eigenvalue weighted by molar-refractivity contribution is 6.31. The second-order valence-corrected chi connectivity index (χ2v) is 8.01. The molecule has 1 amide bonds. The van der Waals surface area contributed by atoms with E-state index < -0.39 is 5.91 Å². The van der Waals surface area contributed by atoms with Gasteiger partial charge in [-0.1, -0.05) is 41.4 Å². The zero-order chi connectivity index (χ0) is 23.8. The summed E-state index contributed by atoms with van der Waals surface area (Å²) in [6.45, 7) is 4.48. The molecule has 0 unspecified atom stereocenters. The first-order chi connectivity index (χ1) is 15.9. The van der Waals surface area contributed by atoms with Crippen molar-refractivity contribution >= 4 is 40.9 Å². The lowest BCUT2D eigenvalue weighted by Gasteiger charge is -2.13. The van der Waals surface area contributed by atoms with Crippen LogP contribution in [0.4, 0.5) is 5.69 Å². The molecule has 0 radical (unpaired) electrons. The number of ether oxygens (including phenoxy) is 2. The molecule has 0 spiro atoms. The van der Waals surface area contributed by atoms with Crippen LogP contribution < -0.4 is 14.8 Å². The van der Waals surface area contributed by atoms with Crippen molar-refractivity contribution in [2.45, 2.75) is 20.5 Å². The molecular formula is C26H22Cl2N2O3. The van der Waals surface area contributed by atoms with E-state index in [1.807, 2.05) is 32.0 Å². The third kappa shape index (κ3) is 6.76. The monoisotopic (exact) mass is 480 g/mol. The molecule has 0 aliphatic rings. The Labute approximate surface area is 203 Å². The molecule has 0 heterocycles. The number of benzene rings is 3. The number of anilines is 1. The van der Waals surface area contributed by atoms with Gasteiger partial charge in [-0.25, -0.2) is 0 Å². The van der Waals surface area contributed by atoms with Crippen molar-refractivity contribution in [2.24, 2.45) is 0 Å². The SMILES string of the molecule is CCOc1cc(/C=C(\C#N)C(=O)Nc2ccc(Cl)cc2C)ccc1OCc1ccc(Cl)cc1. The van der Waals surface area contributed by atoms with Crippen molar-refractivity contribution in [3.05, 3.63) is 93.0 Å². The van der Waals surface area contributed by atoms with Crippen LogP contribution in [0.1, 0.15) is 23.6 Å². The van der Waals surface area contributed by atoms with E-state index >= 15 is 0 Å². The summed E-state index contributed by atoms with van der Waals surface area (Å²) in [5.74, 6) is 0.569. The van der Waals surface area contributed by atoms with Crippen LogP contribution in [-0.2, 0) is 11.4 Å². The van der Waals surface area contributed by atoms with E-state index in [0.717, 1.165) is 11.1 Å². The highest BCUT2D eigenvalue weighted by Crippen LogP contribution is 2.30. The van der Waals surface area contributed by atoms with Crippen LogP contribution in [0.25, 0.3) is 6.08 Å². The lowest BCUT2D eigenvalue weighted by Crippen LogP contribution is -2.14. The number of nitrogens with one attached hydrogen (secondary N) is 1. The van der Waals surface area contributed by atoms with Crippen LogP contribution >= 0.6 is 23.2 Å². The van der Waals surface area contributed by atoms with Gasteiger partial charge in [0.1, 0.15) is 18.2 Å². The maximum absolute atomic E-state index is 12.6. The molecule has 5 nitrogen and oxygen atoms in total. The molecule has 0 saturated heterocycles. The fraction of sp³-hybridized carbons (Fsp3) is 0.154. The molecule has 3 aromatic rings. The third-order valence-electron chi connectivity index (χ3n) is 4.69. The van der Waals surface area contributed by atoms with Gasteiger partial charge in [0.2, 0.25) is 0 Å². The van der Waals surface area contributed by atoms with Gasteiger partial charge >= 0.3 is 0 Å². The lowest BCUT2D eigenvalue weighted by atomic mass is 10.1. The Morgan fingerprint density at radius 1 is 1.00 bits per heavy atom. The molecule has 3 rings (SSSR count). The van der Waals surface area contributed by atoms with E-state index in [9.17, 15) is 10.1 Å². The number of carbonyl (C=O) groups excluding carboxylic acids is 1. The number of amides is 1. The number of nitriles is 1. The zero-order valence-electron chi connectivity index (χ0n) is 18.2. The number of nitrogens with zero attached hydrogens (tertiary/aromatic N) is 1. The third-order valence-corrected chi connectivity index (χ3v) is 5.18. The van der Waals surface area contributed by atoms with Gasteiger partial charge in [-0.05, 0) is 79.1 Å². The molecule has 0 aromatic heterocycles. The molecular weight excluding hydrogens is 459 g/mol. The summed E-state index contributed by atoms with van der Waals surface area (Å²) < 4.78 is 11.6. The van der Waals surface area contributed by atoms with Crippen LogP contribution in [0, 0.1) is 18.3 Å². The van der Waals surface area contributed by atoms with Crippen LogP contribution in [-0.4, -0.2) is 12.5 Å². The molecule has 0 aliphatic heterocycles. The molecule has 0 aliphatic carbocycles. The number of rotatable bonds is 8. The van der Waals surface area contributed by atoms with Crippen molar-refractivity contribution in [1.29, 1.82) is 5.26 Å². The number of hydrogen-bond donors (Lipinski definition) is 1. The lowest BCUT2D eigenvalue weighted by molar-refractivity contribution is -0.112. The minimum Gasteiger partial charge on any atom is -0.490 e. The summed E-state index contributed by atoms with van der Waals surface area (Å²) in [4.78, 5) is 12.6. The first-order valence-corrected chi connectivity index (χ1v) is 11.0. The molecule has 7 heteroatoms. The summed E-state index contributed by atoms with van der Waals surface area (Å²) in [6.07, 6.45) is 1.51. The standard InChI is InChI=1S/C26H22Cl2N2O3/c1-3-32-25-14-19(6-11-24(25)33-16-18-4-7-21(27)8-5-18)13-20(15-29)26(31)30-23-10-9-22(28)12-17(23)2/h4-14H,3,16H2,1-2H3,(H,30,31)/b20-13+. The second kappa shape index (κ2) is 11.4. The topological polar surface area (TPSA) is 71.3 Å². The van der Waals surface area contributed by atoms with Gasteiger partial charge in [0.05, 0.1) is 6.61 Å². The molecule has 0 fully saturated rings. The molecule has 3 aromatic carbocycles. The molecule has 168 valence electrons. The van der Waals surface area contributed by atoms with Gasteiger partial charge in [0.15, 0.2) is 11.5 Å². The summed E-state index contributed by atoms with van der Waals surface area (Å²) in [5, 5.41) is 13.5. The average Bonchev–Trinajstić information content (AvgIpc) is 2.80. The van der Waals surface area contributed by atoms with E-state index in [4.69, 9.17) is 32.7 Å². The van der Waals surface area contributed by atoms with Crippen LogP contribution in [0.2, 0.25) is 10.0 Å². The van der Waals surface area contributed by atoms with E-state index in [-0.39, 0.29) is 5.57 Å². The Kier molecular flexibility index (Phi) is 8.37. The second-order valence-electron chi connectivity index (χ2n) is 7.14. The molecule has 0 atom stereocenters. The largest absolute Gasteiger partial charge is 0.490 e. The van der Waals surface area contributed by atoms with Gasteiger partial charge in [-0.15, -0.1) is 0 Å². The Balaban J connectivity index is 1.78. The van der Waals surface area contributed by atoms with Gasteiger partial charge in [-0.2, -0.15) is 5.26 Å². The Morgan fingerprint density at radius 3 is 2.39 bits per heavy atom. The minimum atomic E-state index is -0.510. The first-order valence-electron chi connectivity index (χ1n) is 10.2. The van der Waals surface area contributed by atoms with E-state index in [1.165, 1.54) is 6.08 Å². The molecule has 33 heavy (non-hydrogen) atoms.